The lowest BCUT2D eigenvalue weighted by Gasteiger charge is -2.15. The predicted octanol–water partition coefficient (Wildman–Crippen LogP) is 3.55. The molecule has 0 aliphatic heterocycles. The van der Waals surface area contributed by atoms with Gasteiger partial charge in [0.15, 0.2) is 11.5 Å². The van der Waals surface area contributed by atoms with Gasteiger partial charge in [-0.2, -0.15) is 0 Å². The van der Waals surface area contributed by atoms with E-state index in [0.29, 0.717) is 21.3 Å². The smallest absolute Gasteiger partial charge is 0.157 e. The summed E-state index contributed by atoms with van der Waals surface area (Å²) in [4.78, 5) is 0. The molecule has 2 aromatic carbocycles. The number of hydrogen-bond donors (Lipinski definition) is 4. The molecule has 0 spiro atoms. The fourth-order valence-corrected chi connectivity index (χ4v) is 2.26. The molecule has 1 atom stereocenters. The van der Waals surface area contributed by atoms with Crippen molar-refractivity contribution in [2.24, 2.45) is 0 Å². The maximum absolute atomic E-state index is 10.0. The van der Waals surface area contributed by atoms with Crippen molar-refractivity contribution in [3.05, 3.63) is 52.0 Å². The number of hydrogen-bond acceptors (Lipinski definition) is 4. The van der Waals surface area contributed by atoms with Crippen molar-refractivity contribution in [1.82, 2.24) is 0 Å². The number of para-hydroxylation sites is 1. The Hall–Kier alpha value is -1.62. The first-order chi connectivity index (χ1) is 9.49. The van der Waals surface area contributed by atoms with E-state index in [4.69, 9.17) is 23.2 Å². The normalized spacial score (nSPS) is 12.2. The van der Waals surface area contributed by atoms with Crippen LogP contribution in [0.1, 0.15) is 11.7 Å². The standard InChI is InChI=1S/C14H13Cl2NO3/c15-9-2-1-3-10(16)14(9)17-7-13(20)8-4-5-11(18)12(19)6-8/h1-6,13,17-20H,7H2. The largest absolute Gasteiger partial charge is 0.504 e. The number of benzene rings is 2. The van der Waals surface area contributed by atoms with E-state index in [0.717, 1.165) is 0 Å². The topological polar surface area (TPSA) is 72.7 Å². The minimum Gasteiger partial charge on any atom is -0.504 e. The van der Waals surface area contributed by atoms with Crippen LogP contribution in [0, 0.1) is 0 Å². The van der Waals surface area contributed by atoms with E-state index in [2.05, 4.69) is 5.32 Å². The van der Waals surface area contributed by atoms with Crippen LogP contribution in [0.15, 0.2) is 36.4 Å². The third-order valence-electron chi connectivity index (χ3n) is 2.82. The molecule has 0 aliphatic carbocycles. The van der Waals surface area contributed by atoms with Crippen molar-refractivity contribution >= 4 is 28.9 Å². The van der Waals surface area contributed by atoms with Crippen LogP contribution in [0.3, 0.4) is 0 Å². The highest BCUT2D eigenvalue weighted by molar-refractivity contribution is 6.39. The number of nitrogens with one attached hydrogen (secondary N) is 1. The van der Waals surface area contributed by atoms with Gasteiger partial charge >= 0.3 is 0 Å². The van der Waals surface area contributed by atoms with Crippen molar-refractivity contribution in [1.29, 1.82) is 0 Å². The molecule has 2 aromatic rings. The molecule has 6 heteroatoms. The Labute approximate surface area is 126 Å². The first-order valence-electron chi connectivity index (χ1n) is 5.87. The Bertz CT molecular complexity index is 599. The minimum atomic E-state index is -0.881. The van der Waals surface area contributed by atoms with Crippen molar-refractivity contribution in [3.63, 3.8) is 0 Å². The van der Waals surface area contributed by atoms with Gasteiger partial charge in [0, 0.05) is 6.54 Å². The fourth-order valence-electron chi connectivity index (χ4n) is 1.73. The highest BCUT2D eigenvalue weighted by atomic mass is 35.5. The molecule has 20 heavy (non-hydrogen) atoms. The third kappa shape index (κ3) is 3.28. The Balaban J connectivity index is 2.08. The van der Waals surface area contributed by atoms with E-state index in [1.54, 1.807) is 18.2 Å². The van der Waals surface area contributed by atoms with E-state index in [9.17, 15) is 15.3 Å². The summed E-state index contributed by atoms with van der Waals surface area (Å²) in [5, 5.41) is 32.5. The molecule has 106 valence electrons. The molecule has 0 fully saturated rings. The molecular formula is C14H13Cl2NO3. The number of aliphatic hydroxyl groups excluding tert-OH is 1. The van der Waals surface area contributed by atoms with Gasteiger partial charge in [-0.15, -0.1) is 0 Å². The average molecular weight is 314 g/mol. The van der Waals surface area contributed by atoms with Crippen LogP contribution in [0.25, 0.3) is 0 Å². The number of anilines is 1. The average Bonchev–Trinajstić information content (AvgIpc) is 2.41. The van der Waals surface area contributed by atoms with Crippen LogP contribution in [0.4, 0.5) is 5.69 Å². The zero-order chi connectivity index (χ0) is 14.7. The molecule has 0 saturated heterocycles. The number of halogens is 2. The van der Waals surface area contributed by atoms with Gasteiger partial charge in [-0.1, -0.05) is 35.3 Å². The molecule has 2 rings (SSSR count). The summed E-state index contributed by atoms with van der Waals surface area (Å²) in [6.07, 6.45) is -0.881. The summed E-state index contributed by atoms with van der Waals surface area (Å²) in [6.45, 7) is 0.160. The molecule has 0 amide bonds. The van der Waals surface area contributed by atoms with Gasteiger partial charge in [-0.3, -0.25) is 0 Å². The first kappa shape index (κ1) is 14.8. The van der Waals surface area contributed by atoms with Crippen molar-refractivity contribution in [2.75, 3.05) is 11.9 Å². The van der Waals surface area contributed by atoms with E-state index in [-0.39, 0.29) is 18.0 Å². The van der Waals surface area contributed by atoms with E-state index in [1.807, 2.05) is 0 Å². The van der Waals surface area contributed by atoms with E-state index >= 15 is 0 Å². The zero-order valence-electron chi connectivity index (χ0n) is 10.3. The van der Waals surface area contributed by atoms with Gasteiger partial charge in [0.05, 0.1) is 21.8 Å². The van der Waals surface area contributed by atoms with Gasteiger partial charge in [-0.25, -0.2) is 0 Å². The molecule has 0 aromatic heterocycles. The highest BCUT2D eigenvalue weighted by Gasteiger charge is 2.12. The summed E-state index contributed by atoms with van der Waals surface area (Å²) >= 11 is 12.0. The predicted molar refractivity (Wildman–Crippen MR) is 79.7 cm³/mol. The summed E-state index contributed by atoms with van der Waals surface area (Å²) < 4.78 is 0. The summed E-state index contributed by atoms with van der Waals surface area (Å²) in [5.74, 6) is -0.514. The lowest BCUT2D eigenvalue weighted by Crippen LogP contribution is -2.12. The number of phenols is 2. The van der Waals surface area contributed by atoms with Crippen molar-refractivity contribution in [2.45, 2.75) is 6.10 Å². The molecular weight excluding hydrogens is 301 g/mol. The Kier molecular flexibility index (Phi) is 4.60. The molecule has 0 radical (unpaired) electrons. The molecule has 0 saturated carbocycles. The second-order valence-electron chi connectivity index (χ2n) is 4.24. The molecule has 0 aliphatic rings. The van der Waals surface area contributed by atoms with Gasteiger partial charge in [0.1, 0.15) is 0 Å². The third-order valence-corrected chi connectivity index (χ3v) is 3.45. The number of aliphatic hydroxyl groups is 1. The zero-order valence-corrected chi connectivity index (χ0v) is 11.9. The van der Waals surface area contributed by atoms with Crippen LogP contribution in [0.2, 0.25) is 10.0 Å². The second kappa shape index (κ2) is 6.22. The van der Waals surface area contributed by atoms with Crippen LogP contribution >= 0.6 is 23.2 Å². The first-order valence-corrected chi connectivity index (χ1v) is 6.62. The Morgan fingerprint density at radius 3 is 2.25 bits per heavy atom. The highest BCUT2D eigenvalue weighted by Crippen LogP contribution is 2.31. The summed E-state index contributed by atoms with van der Waals surface area (Å²) in [5.41, 5.74) is 1.01. The summed E-state index contributed by atoms with van der Waals surface area (Å²) in [7, 11) is 0. The number of phenolic OH excluding ortho intramolecular Hbond substituents is 2. The van der Waals surface area contributed by atoms with Crippen LogP contribution < -0.4 is 5.32 Å². The van der Waals surface area contributed by atoms with Gasteiger partial charge in [0.25, 0.3) is 0 Å². The Morgan fingerprint density at radius 2 is 1.65 bits per heavy atom. The van der Waals surface area contributed by atoms with E-state index < -0.39 is 6.10 Å². The molecule has 1 unspecified atom stereocenters. The van der Waals surface area contributed by atoms with Crippen molar-refractivity contribution < 1.29 is 15.3 Å². The van der Waals surface area contributed by atoms with Crippen LogP contribution in [-0.2, 0) is 0 Å². The SMILES string of the molecule is Oc1ccc(C(O)CNc2c(Cl)cccc2Cl)cc1O. The molecule has 4 N–H and O–H groups in total. The van der Waals surface area contributed by atoms with E-state index in [1.165, 1.54) is 18.2 Å². The molecule has 0 bridgehead atoms. The molecule has 0 heterocycles. The molecule has 4 nitrogen and oxygen atoms in total. The van der Waals surface area contributed by atoms with Crippen LogP contribution in [0.5, 0.6) is 11.5 Å². The quantitative estimate of drug-likeness (QED) is 0.651. The van der Waals surface area contributed by atoms with Crippen molar-refractivity contribution in [3.8, 4) is 11.5 Å². The Morgan fingerprint density at radius 1 is 1.00 bits per heavy atom. The minimum absolute atomic E-state index is 0.160. The second-order valence-corrected chi connectivity index (χ2v) is 5.06. The fraction of sp³-hybridized carbons (Fsp3) is 0.143. The maximum Gasteiger partial charge on any atom is 0.157 e. The monoisotopic (exact) mass is 313 g/mol. The number of rotatable bonds is 4. The van der Waals surface area contributed by atoms with Gasteiger partial charge < -0.3 is 20.6 Å². The lowest BCUT2D eigenvalue weighted by atomic mass is 10.1. The number of aromatic hydroxyl groups is 2. The lowest BCUT2D eigenvalue weighted by molar-refractivity contribution is 0.191. The summed E-state index contributed by atoms with van der Waals surface area (Å²) in [6, 6.07) is 9.25. The van der Waals surface area contributed by atoms with Gasteiger partial charge in [-0.05, 0) is 29.8 Å². The maximum atomic E-state index is 10.0. The van der Waals surface area contributed by atoms with Crippen LogP contribution in [-0.4, -0.2) is 21.9 Å². The van der Waals surface area contributed by atoms with Gasteiger partial charge in [0.2, 0.25) is 0 Å².